The summed E-state index contributed by atoms with van der Waals surface area (Å²) in [6.07, 6.45) is 9.06. The number of nitrogens with one attached hydrogen (secondary N) is 1. The van der Waals surface area contributed by atoms with Gasteiger partial charge in [-0.15, -0.1) is 0 Å². The number of hydrogen-bond acceptors (Lipinski definition) is 5. The fraction of sp³-hybridized carbons (Fsp3) is 0.526. The van der Waals surface area contributed by atoms with E-state index in [0.717, 1.165) is 25.8 Å². The normalized spacial score (nSPS) is 24.9. The molecule has 2 aromatic heterocycles. The molecule has 1 saturated carbocycles. The van der Waals surface area contributed by atoms with Gasteiger partial charge in [0.2, 0.25) is 15.9 Å². The highest BCUT2D eigenvalue weighted by Gasteiger charge is 2.49. The first kappa shape index (κ1) is 19.1. The van der Waals surface area contributed by atoms with Gasteiger partial charge in [-0.2, -0.15) is 9.40 Å². The molecule has 0 unspecified atom stereocenters. The third-order valence-corrected chi connectivity index (χ3v) is 7.72. The molecule has 1 aliphatic carbocycles. The van der Waals surface area contributed by atoms with Gasteiger partial charge in [-0.25, -0.2) is 8.42 Å². The first-order valence-corrected chi connectivity index (χ1v) is 11.1. The van der Waals surface area contributed by atoms with Gasteiger partial charge in [0.05, 0.1) is 0 Å². The molecule has 1 saturated heterocycles. The van der Waals surface area contributed by atoms with Gasteiger partial charge in [-0.05, 0) is 49.3 Å². The first-order chi connectivity index (χ1) is 13.6. The number of sulfonamides is 1. The third-order valence-electron chi connectivity index (χ3n) is 5.87. The van der Waals surface area contributed by atoms with Crippen molar-refractivity contribution in [2.75, 3.05) is 19.6 Å². The molecule has 4 rings (SSSR count). The summed E-state index contributed by atoms with van der Waals surface area (Å²) < 4.78 is 29.0. The van der Waals surface area contributed by atoms with Crippen LogP contribution in [0.4, 0.5) is 0 Å². The number of carbonyl (C=O) groups excluding carboxylic acids is 1. The van der Waals surface area contributed by atoms with Crippen molar-refractivity contribution in [1.29, 1.82) is 0 Å². The van der Waals surface area contributed by atoms with E-state index >= 15 is 0 Å². The Morgan fingerprint density at radius 1 is 1.29 bits per heavy atom. The number of aromatic nitrogens is 3. The number of piperidine rings is 1. The Morgan fingerprint density at radius 3 is 2.93 bits per heavy atom. The van der Waals surface area contributed by atoms with Gasteiger partial charge >= 0.3 is 0 Å². The lowest BCUT2D eigenvalue weighted by atomic mass is 9.61. The molecule has 2 fully saturated rings. The van der Waals surface area contributed by atoms with Crippen LogP contribution in [-0.2, 0) is 21.4 Å². The van der Waals surface area contributed by atoms with Crippen molar-refractivity contribution in [1.82, 2.24) is 24.4 Å². The lowest BCUT2D eigenvalue weighted by Gasteiger charge is -2.49. The molecule has 28 heavy (non-hydrogen) atoms. The molecule has 0 spiro atoms. The van der Waals surface area contributed by atoms with Crippen LogP contribution in [0.2, 0.25) is 0 Å². The summed E-state index contributed by atoms with van der Waals surface area (Å²) in [5, 5.41) is 7.15. The molecule has 2 aliphatic rings. The predicted molar refractivity (Wildman–Crippen MR) is 103 cm³/mol. The van der Waals surface area contributed by atoms with Crippen LogP contribution in [0, 0.1) is 17.8 Å². The number of fused-ring (bicyclic) bond motifs is 1. The van der Waals surface area contributed by atoms with Crippen LogP contribution < -0.4 is 5.32 Å². The Balaban J connectivity index is 1.30. The molecule has 9 heteroatoms. The maximum absolute atomic E-state index is 12.8. The number of pyridine rings is 1. The van der Waals surface area contributed by atoms with E-state index in [1.165, 1.54) is 10.5 Å². The second kappa shape index (κ2) is 8.00. The molecule has 0 bridgehead atoms. The molecule has 0 radical (unpaired) electrons. The third kappa shape index (κ3) is 3.81. The van der Waals surface area contributed by atoms with Crippen molar-refractivity contribution in [3.63, 3.8) is 0 Å². The van der Waals surface area contributed by atoms with Crippen LogP contribution >= 0.6 is 0 Å². The number of carbonyl (C=O) groups is 1. The minimum absolute atomic E-state index is 0.0438. The SMILES string of the molecule is O=C(NCCCn1cccn1)[C@@H]1C[C@H]2CCN(S(=O)(=O)c3cccnc3)C[C@H]21. The molecule has 1 amide bonds. The zero-order valence-electron chi connectivity index (χ0n) is 15.6. The molecule has 150 valence electrons. The van der Waals surface area contributed by atoms with Crippen molar-refractivity contribution in [3.8, 4) is 0 Å². The van der Waals surface area contributed by atoms with Crippen LogP contribution in [0.5, 0.6) is 0 Å². The number of nitrogens with zero attached hydrogens (tertiary/aromatic N) is 4. The molecule has 8 nitrogen and oxygen atoms in total. The minimum atomic E-state index is -3.55. The Morgan fingerprint density at radius 2 is 2.18 bits per heavy atom. The molecule has 3 atom stereocenters. The Kier molecular flexibility index (Phi) is 5.45. The van der Waals surface area contributed by atoms with Crippen molar-refractivity contribution in [3.05, 3.63) is 43.0 Å². The Bertz CT molecular complexity index is 901. The first-order valence-electron chi connectivity index (χ1n) is 9.71. The monoisotopic (exact) mass is 403 g/mol. The van der Waals surface area contributed by atoms with Crippen LogP contribution in [0.25, 0.3) is 0 Å². The summed E-state index contributed by atoms with van der Waals surface area (Å²) in [5.41, 5.74) is 0. The number of rotatable bonds is 7. The molecular weight excluding hydrogens is 378 g/mol. The van der Waals surface area contributed by atoms with Gasteiger partial charge in [0.15, 0.2) is 0 Å². The van der Waals surface area contributed by atoms with Gasteiger partial charge in [-0.1, -0.05) is 0 Å². The average Bonchev–Trinajstić information content (AvgIpc) is 3.20. The zero-order valence-corrected chi connectivity index (χ0v) is 16.5. The van der Waals surface area contributed by atoms with Crippen molar-refractivity contribution in [2.45, 2.75) is 30.7 Å². The topological polar surface area (TPSA) is 97.2 Å². The van der Waals surface area contributed by atoms with E-state index in [9.17, 15) is 13.2 Å². The molecule has 1 aliphatic heterocycles. The van der Waals surface area contributed by atoms with Gasteiger partial charge in [-0.3, -0.25) is 14.5 Å². The molecule has 3 heterocycles. The Labute approximate surface area is 165 Å². The van der Waals surface area contributed by atoms with Gasteiger partial charge < -0.3 is 5.32 Å². The van der Waals surface area contributed by atoms with E-state index in [1.54, 1.807) is 24.5 Å². The number of hydrogen-bond donors (Lipinski definition) is 1. The van der Waals surface area contributed by atoms with Crippen molar-refractivity contribution < 1.29 is 13.2 Å². The maximum atomic E-state index is 12.8. The highest BCUT2D eigenvalue weighted by atomic mass is 32.2. The van der Waals surface area contributed by atoms with Gasteiger partial charge in [0, 0.05) is 56.9 Å². The van der Waals surface area contributed by atoms with E-state index < -0.39 is 10.0 Å². The smallest absolute Gasteiger partial charge is 0.244 e. The largest absolute Gasteiger partial charge is 0.356 e. The fourth-order valence-electron chi connectivity index (χ4n) is 4.24. The lowest BCUT2D eigenvalue weighted by molar-refractivity contribution is -0.135. The molecule has 2 aromatic rings. The highest BCUT2D eigenvalue weighted by molar-refractivity contribution is 7.89. The van der Waals surface area contributed by atoms with Gasteiger partial charge in [0.25, 0.3) is 0 Å². The summed E-state index contributed by atoms with van der Waals surface area (Å²) in [7, 11) is -3.55. The fourth-order valence-corrected chi connectivity index (χ4v) is 5.69. The van der Waals surface area contributed by atoms with Gasteiger partial charge in [0.1, 0.15) is 4.90 Å². The van der Waals surface area contributed by atoms with Crippen LogP contribution in [0.1, 0.15) is 19.3 Å². The van der Waals surface area contributed by atoms with E-state index in [2.05, 4.69) is 15.4 Å². The van der Waals surface area contributed by atoms with E-state index in [0.29, 0.717) is 25.6 Å². The maximum Gasteiger partial charge on any atom is 0.244 e. The zero-order chi connectivity index (χ0) is 19.6. The lowest BCUT2D eigenvalue weighted by Crippen LogP contribution is -2.56. The van der Waals surface area contributed by atoms with Crippen LogP contribution in [0.15, 0.2) is 47.9 Å². The Hall–Kier alpha value is -2.26. The van der Waals surface area contributed by atoms with Crippen molar-refractivity contribution >= 4 is 15.9 Å². The van der Waals surface area contributed by atoms with Crippen LogP contribution in [-0.4, -0.2) is 53.0 Å². The summed E-state index contributed by atoms with van der Waals surface area (Å²) in [6, 6.07) is 5.07. The summed E-state index contributed by atoms with van der Waals surface area (Å²) in [4.78, 5) is 16.7. The molecular formula is C19H25N5O3S. The van der Waals surface area contributed by atoms with E-state index in [4.69, 9.17) is 0 Å². The highest BCUT2D eigenvalue weighted by Crippen LogP contribution is 2.46. The van der Waals surface area contributed by atoms with Crippen molar-refractivity contribution in [2.24, 2.45) is 17.8 Å². The molecule has 1 N–H and O–H groups in total. The van der Waals surface area contributed by atoms with Crippen LogP contribution in [0.3, 0.4) is 0 Å². The summed E-state index contributed by atoms with van der Waals surface area (Å²) >= 11 is 0. The quantitative estimate of drug-likeness (QED) is 0.699. The number of amides is 1. The standard InChI is InChI=1S/C19H25N5O3S/c25-19(21-7-2-9-23-10-3-8-22-23)17-12-15-5-11-24(14-18(15)17)28(26,27)16-4-1-6-20-13-16/h1,3-4,6,8,10,13,15,17-18H,2,5,7,9,11-12,14H2,(H,21,25)/t15-,17-,18-/m1/s1. The summed E-state index contributed by atoms with van der Waals surface area (Å²) in [6.45, 7) is 2.29. The van der Waals surface area contributed by atoms with E-state index in [1.807, 2.05) is 16.9 Å². The second-order valence-electron chi connectivity index (χ2n) is 7.52. The predicted octanol–water partition coefficient (Wildman–Crippen LogP) is 1.13. The average molecular weight is 404 g/mol. The van der Waals surface area contributed by atoms with E-state index in [-0.39, 0.29) is 22.6 Å². The number of aryl methyl sites for hydroxylation is 1. The molecule has 0 aromatic carbocycles. The minimum Gasteiger partial charge on any atom is -0.356 e. The second-order valence-corrected chi connectivity index (χ2v) is 9.46. The summed E-state index contributed by atoms with van der Waals surface area (Å²) in [5.74, 6) is 0.496.